The molecule has 1 rings (SSSR count). The molecule has 0 aliphatic rings. The molecule has 0 saturated heterocycles. The molecule has 0 aromatic heterocycles. The summed E-state index contributed by atoms with van der Waals surface area (Å²) in [6.45, 7) is 3.76. The largest absolute Gasteiger partial charge is 0.315 e. The molecule has 0 saturated carbocycles. The summed E-state index contributed by atoms with van der Waals surface area (Å²) in [4.78, 5) is -0.0659. The molecule has 0 heterocycles. The van der Waals surface area contributed by atoms with E-state index < -0.39 is 10.0 Å². The number of hydrogen-bond acceptors (Lipinski definition) is 3. The quantitative estimate of drug-likeness (QED) is 0.760. The van der Waals surface area contributed by atoms with E-state index in [0.717, 1.165) is 13.0 Å². The number of nitrogens with one attached hydrogen (secondary N) is 2. The van der Waals surface area contributed by atoms with Gasteiger partial charge in [-0.25, -0.2) is 13.1 Å². The zero-order valence-electron chi connectivity index (χ0n) is 10.0. The third kappa shape index (κ3) is 4.40. The highest BCUT2D eigenvalue weighted by molar-refractivity contribution is 7.89. The van der Waals surface area contributed by atoms with E-state index in [-0.39, 0.29) is 14.9 Å². The number of halogens is 2. The highest BCUT2D eigenvalue weighted by Gasteiger charge is 2.20. The van der Waals surface area contributed by atoms with Gasteiger partial charge in [0.25, 0.3) is 0 Å². The SMILES string of the molecule is CCCNCCNS(=O)(=O)c1c(Cl)cccc1Cl. The van der Waals surface area contributed by atoms with Crippen LogP contribution in [-0.2, 0) is 10.0 Å². The molecule has 0 spiro atoms. The average Bonchev–Trinajstić information content (AvgIpc) is 2.28. The van der Waals surface area contributed by atoms with E-state index in [1.165, 1.54) is 12.1 Å². The van der Waals surface area contributed by atoms with Gasteiger partial charge in [-0.05, 0) is 25.1 Å². The molecule has 18 heavy (non-hydrogen) atoms. The van der Waals surface area contributed by atoms with Crippen molar-refractivity contribution in [3.63, 3.8) is 0 Å². The highest BCUT2D eigenvalue weighted by Crippen LogP contribution is 2.28. The van der Waals surface area contributed by atoms with E-state index in [1.807, 2.05) is 6.92 Å². The smallest absolute Gasteiger partial charge is 0.243 e. The molecule has 102 valence electrons. The average molecular weight is 311 g/mol. The Morgan fingerprint density at radius 3 is 2.28 bits per heavy atom. The summed E-state index contributed by atoms with van der Waals surface area (Å²) in [5, 5.41) is 3.34. The zero-order chi connectivity index (χ0) is 13.6. The lowest BCUT2D eigenvalue weighted by atomic mass is 10.4. The third-order valence-electron chi connectivity index (χ3n) is 2.21. The maximum absolute atomic E-state index is 12.0. The summed E-state index contributed by atoms with van der Waals surface area (Å²) in [6, 6.07) is 4.60. The second-order valence-electron chi connectivity index (χ2n) is 3.70. The van der Waals surface area contributed by atoms with Gasteiger partial charge in [-0.3, -0.25) is 0 Å². The maximum Gasteiger partial charge on any atom is 0.243 e. The van der Waals surface area contributed by atoms with Crippen molar-refractivity contribution in [3.8, 4) is 0 Å². The van der Waals surface area contributed by atoms with Gasteiger partial charge in [0.1, 0.15) is 4.90 Å². The third-order valence-corrected chi connectivity index (χ3v) is 4.62. The molecule has 0 unspecified atom stereocenters. The summed E-state index contributed by atoms with van der Waals surface area (Å²) in [6.07, 6.45) is 1.00. The first-order valence-electron chi connectivity index (χ1n) is 5.63. The molecule has 0 atom stereocenters. The zero-order valence-corrected chi connectivity index (χ0v) is 12.4. The molecular formula is C11H16Cl2N2O2S. The van der Waals surface area contributed by atoms with E-state index in [4.69, 9.17) is 23.2 Å². The van der Waals surface area contributed by atoms with Crippen molar-refractivity contribution in [1.82, 2.24) is 10.0 Å². The predicted molar refractivity (Wildman–Crippen MR) is 74.8 cm³/mol. The van der Waals surface area contributed by atoms with Gasteiger partial charge < -0.3 is 5.32 Å². The Hall–Kier alpha value is -0.330. The lowest BCUT2D eigenvalue weighted by Crippen LogP contribution is -2.32. The first-order chi connectivity index (χ1) is 8.49. The van der Waals surface area contributed by atoms with E-state index in [0.29, 0.717) is 13.1 Å². The van der Waals surface area contributed by atoms with Crippen molar-refractivity contribution < 1.29 is 8.42 Å². The van der Waals surface area contributed by atoms with Crippen molar-refractivity contribution in [2.24, 2.45) is 0 Å². The number of hydrogen-bond donors (Lipinski definition) is 2. The minimum atomic E-state index is -3.66. The van der Waals surface area contributed by atoms with E-state index in [9.17, 15) is 8.42 Å². The molecule has 0 fully saturated rings. The van der Waals surface area contributed by atoms with Crippen LogP contribution in [0.3, 0.4) is 0 Å². The van der Waals surface area contributed by atoms with Crippen molar-refractivity contribution in [3.05, 3.63) is 28.2 Å². The van der Waals surface area contributed by atoms with Gasteiger partial charge in [0, 0.05) is 13.1 Å². The van der Waals surface area contributed by atoms with Crippen LogP contribution in [0, 0.1) is 0 Å². The maximum atomic E-state index is 12.0. The van der Waals surface area contributed by atoms with E-state index in [1.54, 1.807) is 6.07 Å². The van der Waals surface area contributed by atoms with Crippen molar-refractivity contribution >= 4 is 33.2 Å². The number of benzene rings is 1. The van der Waals surface area contributed by atoms with Gasteiger partial charge in [0.05, 0.1) is 10.0 Å². The molecule has 7 heteroatoms. The lowest BCUT2D eigenvalue weighted by molar-refractivity contribution is 0.575. The summed E-state index contributed by atoms with van der Waals surface area (Å²) in [5.41, 5.74) is 0. The second kappa shape index (κ2) is 7.31. The second-order valence-corrected chi connectivity index (χ2v) is 6.22. The van der Waals surface area contributed by atoms with Crippen LogP contribution in [0.4, 0.5) is 0 Å². The molecule has 2 N–H and O–H groups in total. The summed E-state index contributed by atoms with van der Waals surface area (Å²) < 4.78 is 26.5. The molecule has 0 aliphatic carbocycles. The Labute approximate surface area is 118 Å². The molecular weight excluding hydrogens is 295 g/mol. The van der Waals surface area contributed by atoms with Crippen LogP contribution in [0.5, 0.6) is 0 Å². The predicted octanol–water partition coefficient (Wildman–Crippen LogP) is 2.27. The van der Waals surface area contributed by atoms with Crippen LogP contribution in [0.2, 0.25) is 10.0 Å². The number of sulfonamides is 1. The number of rotatable bonds is 7. The lowest BCUT2D eigenvalue weighted by Gasteiger charge is -2.10. The fourth-order valence-corrected chi connectivity index (χ4v) is 3.56. The molecule has 0 bridgehead atoms. The fourth-order valence-electron chi connectivity index (χ4n) is 1.39. The van der Waals surface area contributed by atoms with Gasteiger partial charge in [-0.1, -0.05) is 36.2 Å². The minimum Gasteiger partial charge on any atom is -0.315 e. The molecule has 1 aromatic carbocycles. The normalized spacial score (nSPS) is 11.7. The summed E-state index contributed by atoms with van der Waals surface area (Å²) in [7, 11) is -3.66. The molecule has 0 amide bonds. The van der Waals surface area contributed by atoms with Crippen LogP contribution in [0.25, 0.3) is 0 Å². The minimum absolute atomic E-state index is 0.0659. The van der Waals surface area contributed by atoms with Crippen molar-refractivity contribution in [2.75, 3.05) is 19.6 Å². The Morgan fingerprint density at radius 2 is 1.72 bits per heavy atom. The Kier molecular flexibility index (Phi) is 6.38. The van der Waals surface area contributed by atoms with Gasteiger partial charge in [-0.2, -0.15) is 0 Å². The van der Waals surface area contributed by atoms with Crippen LogP contribution in [-0.4, -0.2) is 28.1 Å². The monoisotopic (exact) mass is 310 g/mol. The molecule has 0 aliphatic heterocycles. The molecule has 0 radical (unpaired) electrons. The Bertz CT molecular complexity index is 472. The molecule has 1 aromatic rings. The summed E-state index contributed by atoms with van der Waals surface area (Å²) in [5.74, 6) is 0. The van der Waals surface area contributed by atoms with E-state index >= 15 is 0 Å². The van der Waals surface area contributed by atoms with Crippen molar-refractivity contribution in [1.29, 1.82) is 0 Å². The van der Waals surface area contributed by atoms with Crippen LogP contribution in [0.1, 0.15) is 13.3 Å². The van der Waals surface area contributed by atoms with Crippen molar-refractivity contribution in [2.45, 2.75) is 18.2 Å². The van der Waals surface area contributed by atoms with Gasteiger partial charge in [0.2, 0.25) is 10.0 Å². The standard InChI is InChI=1S/C11H16Cl2N2O2S/c1-2-6-14-7-8-15-18(16,17)11-9(12)4-3-5-10(11)13/h3-5,14-15H,2,6-8H2,1H3. The summed E-state index contributed by atoms with van der Waals surface area (Å²) >= 11 is 11.7. The van der Waals surface area contributed by atoms with Gasteiger partial charge >= 0.3 is 0 Å². The fraction of sp³-hybridized carbons (Fsp3) is 0.455. The Morgan fingerprint density at radius 1 is 1.11 bits per heavy atom. The van der Waals surface area contributed by atoms with Crippen LogP contribution < -0.4 is 10.0 Å². The highest BCUT2D eigenvalue weighted by atomic mass is 35.5. The van der Waals surface area contributed by atoms with Crippen LogP contribution in [0.15, 0.2) is 23.1 Å². The van der Waals surface area contributed by atoms with Crippen LogP contribution >= 0.6 is 23.2 Å². The van der Waals surface area contributed by atoms with Gasteiger partial charge in [0.15, 0.2) is 0 Å². The molecule has 4 nitrogen and oxygen atoms in total. The topological polar surface area (TPSA) is 58.2 Å². The van der Waals surface area contributed by atoms with E-state index in [2.05, 4.69) is 10.0 Å². The first kappa shape index (κ1) is 15.7. The first-order valence-corrected chi connectivity index (χ1v) is 7.87. The Balaban J connectivity index is 2.69. The van der Waals surface area contributed by atoms with Gasteiger partial charge in [-0.15, -0.1) is 0 Å².